The van der Waals surface area contributed by atoms with E-state index in [1.807, 2.05) is 28.9 Å². The van der Waals surface area contributed by atoms with Crippen molar-refractivity contribution >= 4 is 23.1 Å². The molecule has 1 fully saturated rings. The molecule has 0 aliphatic carbocycles. The Bertz CT molecular complexity index is 1100. The molecule has 0 saturated carbocycles. The molecule has 1 aromatic carbocycles. The van der Waals surface area contributed by atoms with Gasteiger partial charge in [-0.1, -0.05) is 32.4 Å². The molecule has 3 unspecified atom stereocenters. The van der Waals surface area contributed by atoms with Crippen LogP contribution in [0.2, 0.25) is 5.02 Å². The first-order chi connectivity index (χ1) is 15.9. The summed E-state index contributed by atoms with van der Waals surface area (Å²) in [7, 11) is 1.79. The number of aromatic nitrogens is 3. The van der Waals surface area contributed by atoms with Gasteiger partial charge >= 0.3 is 0 Å². The predicted octanol–water partition coefficient (Wildman–Crippen LogP) is 3.58. The van der Waals surface area contributed by atoms with Crippen molar-refractivity contribution in [2.24, 2.45) is 5.92 Å². The van der Waals surface area contributed by atoms with Gasteiger partial charge in [-0.2, -0.15) is 9.61 Å². The number of hydrogen-bond donors (Lipinski definition) is 3. The highest BCUT2D eigenvalue weighted by Crippen LogP contribution is 2.32. The third-order valence-electron chi connectivity index (χ3n) is 5.87. The Labute approximate surface area is 199 Å². The number of hydrogen-bond acceptors (Lipinski definition) is 7. The van der Waals surface area contributed by atoms with Crippen molar-refractivity contribution in [3.8, 4) is 17.0 Å². The summed E-state index contributed by atoms with van der Waals surface area (Å²) < 4.78 is 13.3. The second-order valence-corrected chi connectivity index (χ2v) is 9.42. The maximum Gasteiger partial charge on any atom is 0.161 e. The molecule has 9 heteroatoms. The highest BCUT2D eigenvalue weighted by molar-refractivity contribution is 6.31. The van der Waals surface area contributed by atoms with Crippen LogP contribution in [0, 0.1) is 5.92 Å². The number of likely N-dealkylation sites (N-methyl/N-ethyl adjacent to an activating group) is 1. The van der Waals surface area contributed by atoms with Crippen molar-refractivity contribution in [2.45, 2.75) is 38.8 Å². The fraction of sp³-hybridized carbons (Fsp3) is 0.500. The van der Waals surface area contributed by atoms with E-state index in [2.05, 4.69) is 36.5 Å². The SMILES string of the molecule is CNCC(O)COc1cc(Cl)cc(-c2cc(NC3COCC3C)n3ncc(C(C)C)c3n2)c1. The Morgan fingerprint density at radius 3 is 2.79 bits per heavy atom. The van der Waals surface area contributed by atoms with E-state index in [0.29, 0.717) is 29.8 Å². The lowest BCUT2D eigenvalue weighted by Crippen LogP contribution is -2.29. The fourth-order valence-corrected chi connectivity index (χ4v) is 4.18. The fourth-order valence-electron chi connectivity index (χ4n) is 3.95. The second-order valence-electron chi connectivity index (χ2n) is 8.98. The molecule has 2 aromatic heterocycles. The topological polar surface area (TPSA) is 92.9 Å². The van der Waals surface area contributed by atoms with Crippen LogP contribution in [0.3, 0.4) is 0 Å². The zero-order valence-electron chi connectivity index (χ0n) is 19.5. The Morgan fingerprint density at radius 2 is 2.09 bits per heavy atom. The van der Waals surface area contributed by atoms with Gasteiger partial charge in [0.25, 0.3) is 0 Å². The van der Waals surface area contributed by atoms with Crippen molar-refractivity contribution in [1.82, 2.24) is 19.9 Å². The van der Waals surface area contributed by atoms with E-state index in [1.54, 1.807) is 13.1 Å². The Kier molecular flexibility index (Phi) is 7.38. The Morgan fingerprint density at radius 1 is 1.27 bits per heavy atom. The summed E-state index contributed by atoms with van der Waals surface area (Å²) in [6.07, 6.45) is 1.27. The van der Waals surface area contributed by atoms with Crippen LogP contribution in [-0.2, 0) is 4.74 Å². The van der Waals surface area contributed by atoms with Crippen molar-refractivity contribution in [3.05, 3.63) is 41.0 Å². The van der Waals surface area contributed by atoms with Gasteiger partial charge in [0.15, 0.2) is 5.65 Å². The van der Waals surface area contributed by atoms with Crippen LogP contribution in [0.4, 0.5) is 5.82 Å². The highest BCUT2D eigenvalue weighted by Gasteiger charge is 2.26. The summed E-state index contributed by atoms with van der Waals surface area (Å²) in [6.45, 7) is 8.45. The summed E-state index contributed by atoms with van der Waals surface area (Å²) in [5.41, 5.74) is 3.48. The minimum atomic E-state index is -0.612. The van der Waals surface area contributed by atoms with Crippen molar-refractivity contribution in [2.75, 3.05) is 38.7 Å². The number of aliphatic hydroxyl groups is 1. The van der Waals surface area contributed by atoms with Gasteiger partial charge in [0.1, 0.15) is 24.3 Å². The maximum absolute atomic E-state index is 9.98. The molecule has 3 N–H and O–H groups in total. The zero-order valence-corrected chi connectivity index (χ0v) is 20.3. The molecule has 0 bridgehead atoms. The summed E-state index contributed by atoms with van der Waals surface area (Å²) in [5, 5.41) is 21.7. The van der Waals surface area contributed by atoms with Crippen molar-refractivity contribution in [1.29, 1.82) is 0 Å². The first-order valence-corrected chi connectivity index (χ1v) is 11.7. The summed E-state index contributed by atoms with van der Waals surface area (Å²) in [5.74, 6) is 2.11. The summed E-state index contributed by atoms with van der Waals surface area (Å²) in [6, 6.07) is 7.69. The minimum absolute atomic E-state index is 0.166. The monoisotopic (exact) mass is 473 g/mol. The number of nitrogens with zero attached hydrogens (tertiary/aromatic N) is 3. The molecule has 8 nitrogen and oxygen atoms in total. The van der Waals surface area contributed by atoms with E-state index < -0.39 is 6.10 Å². The van der Waals surface area contributed by atoms with E-state index in [9.17, 15) is 5.11 Å². The smallest absolute Gasteiger partial charge is 0.161 e. The van der Waals surface area contributed by atoms with Gasteiger partial charge in [0.05, 0.1) is 31.1 Å². The highest BCUT2D eigenvalue weighted by atomic mass is 35.5. The van der Waals surface area contributed by atoms with E-state index in [0.717, 1.165) is 34.9 Å². The molecule has 1 aliphatic rings. The number of rotatable bonds is 9. The first kappa shape index (κ1) is 23.8. The van der Waals surface area contributed by atoms with Gasteiger partial charge in [-0.05, 0) is 31.2 Å². The third kappa shape index (κ3) is 5.41. The number of ether oxygens (including phenoxy) is 2. The summed E-state index contributed by atoms with van der Waals surface area (Å²) >= 11 is 6.42. The van der Waals surface area contributed by atoms with Crippen LogP contribution in [0.25, 0.3) is 16.9 Å². The zero-order chi connectivity index (χ0) is 23.5. The van der Waals surface area contributed by atoms with Crippen LogP contribution in [0.1, 0.15) is 32.3 Å². The van der Waals surface area contributed by atoms with Gasteiger partial charge in [-0.15, -0.1) is 0 Å². The molecular weight excluding hydrogens is 442 g/mol. The molecular formula is C24H32ClN5O3. The number of aliphatic hydroxyl groups excluding tert-OH is 1. The Hall–Kier alpha value is -2.39. The predicted molar refractivity (Wildman–Crippen MR) is 130 cm³/mol. The lowest BCUT2D eigenvalue weighted by Gasteiger charge is -2.19. The van der Waals surface area contributed by atoms with E-state index in [1.165, 1.54) is 0 Å². The second kappa shape index (κ2) is 10.3. The van der Waals surface area contributed by atoms with Crippen molar-refractivity contribution in [3.63, 3.8) is 0 Å². The van der Waals surface area contributed by atoms with Crippen LogP contribution in [0.5, 0.6) is 5.75 Å². The van der Waals surface area contributed by atoms with Crippen molar-refractivity contribution < 1.29 is 14.6 Å². The van der Waals surface area contributed by atoms with E-state index in [4.69, 9.17) is 26.1 Å². The molecule has 178 valence electrons. The maximum atomic E-state index is 9.98. The molecule has 33 heavy (non-hydrogen) atoms. The average molecular weight is 474 g/mol. The number of benzene rings is 1. The Balaban J connectivity index is 1.73. The minimum Gasteiger partial charge on any atom is -0.491 e. The molecule has 0 amide bonds. The molecule has 3 aromatic rings. The van der Waals surface area contributed by atoms with Gasteiger partial charge in [0, 0.05) is 34.7 Å². The van der Waals surface area contributed by atoms with Gasteiger partial charge in [0.2, 0.25) is 0 Å². The molecule has 1 saturated heterocycles. The van der Waals surface area contributed by atoms with Gasteiger partial charge in [-0.3, -0.25) is 0 Å². The largest absolute Gasteiger partial charge is 0.491 e. The van der Waals surface area contributed by atoms with Crippen LogP contribution >= 0.6 is 11.6 Å². The van der Waals surface area contributed by atoms with E-state index in [-0.39, 0.29) is 18.6 Å². The first-order valence-electron chi connectivity index (χ1n) is 11.3. The number of anilines is 1. The van der Waals surface area contributed by atoms with Gasteiger partial charge in [-0.25, -0.2) is 4.98 Å². The molecule has 4 rings (SSSR count). The summed E-state index contributed by atoms with van der Waals surface area (Å²) in [4.78, 5) is 4.94. The number of fused-ring (bicyclic) bond motifs is 1. The molecule has 0 spiro atoms. The lowest BCUT2D eigenvalue weighted by atomic mass is 10.1. The quantitative estimate of drug-likeness (QED) is 0.437. The van der Waals surface area contributed by atoms with Gasteiger partial charge < -0.3 is 25.2 Å². The number of nitrogens with one attached hydrogen (secondary N) is 2. The van der Waals surface area contributed by atoms with Crippen LogP contribution < -0.4 is 15.4 Å². The molecule has 3 atom stereocenters. The molecule has 0 radical (unpaired) electrons. The third-order valence-corrected chi connectivity index (χ3v) is 6.09. The molecule has 1 aliphatic heterocycles. The van der Waals surface area contributed by atoms with E-state index >= 15 is 0 Å². The van der Waals surface area contributed by atoms with Crippen LogP contribution in [-0.4, -0.2) is 65.3 Å². The number of halogens is 1. The lowest BCUT2D eigenvalue weighted by molar-refractivity contribution is 0.108. The molecule has 3 heterocycles. The van der Waals surface area contributed by atoms with Crippen LogP contribution in [0.15, 0.2) is 30.5 Å². The normalized spacial score (nSPS) is 19.4. The average Bonchev–Trinajstić information content (AvgIpc) is 3.38. The standard InChI is InChI=1S/C24H32ClN5O3/c1-14(2)20-10-27-30-23(28-22-13-32-11-15(22)3)8-21(29-24(20)30)16-5-17(25)7-19(6-16)33-12-18(31)9-26-4/h5-8,10,14-15,18,22,26,28,31H,9,11-13H2,1-4H3.